The summed E-state index contributed by atoms with van der Waals surface area (Å²) >= 11 is 0. The standard InChI is InChI=1S/C25H32N2O2/c1-18-7-8-21(17-19(18)2)24(29)27-14-6-13-26(15-16-27)23(28)20-9-11-22(12-10-20)25(3,4)5/h7-12,17H,6,13-16H2,1-5H3. The highest BCUT2D eigenvalue weighted by Crippen LogP contribution is 2.23. The summed E-state index contributed by atoms with van der Waals surface area (Å²) in [7, 11) is 0. The van der Waals surface area contributed by atoms with Crippen molar-refractivity contribution in [3.63, 3.8) is 0 Å². The number of hydrogen-bond donors (Lipinski definition) is 0. The Morgan fingerprint density at radius 1 is 0.724 bits per heavy atom. The lowest BCUT2D eigenvalue weighted by Crippen LogP contribution is -2.37. The van der Waals surface area contributed by atoms with Crippen LogP contribution in [0.4, 0.5) is 0 Å². The van der Waals surface area contributed by atoms with Gasteiger partial charge >= 0.3 is 0 Å². The van der Waals surface area contributed by atoms with Gasteiger partial charge in [-0.3, -0.25) is 9.59 Å². The molecule has 0 bridgehead atoms. The number of hydrogen-bond acceptors (Lipinski definition) is 2. The van der Waals surface area contributed by atoms with Crippen molar-refractivity contribution in [2.24, 2.45) is 0 Å². The second kappa shape index (κ2) is 8.40. The van der Waals surface area contributed by atoms with E-state index in [2.05, 4.69) is 20.8 Å². The van der Waals surface area contributed by atoms with E-state index in [4.69, 9.17) is 0 Å². The van der Waals surface area contributed by atoms with Crippen molar-refractivity contribution < 1.29 is 9.59 Å². The van der Waals surface area contributed by atoms with Gasteiger partial charge in [0, 0.05) is 37.3 Å². The van der Waals surface area contributed by atoms with Crippen molar-refractivity contribution in [1.82, 2.24) is 9.80 Å². The highest BCUT2D eigenvalue weighted by atomic mass is 16.2. The molecule has 0 atom stereocenters. The van der Waals surface area contributed by atoms with E-state index in [-0.39, 0.29) is 17.2 Å². The molecular formula is C25H32N2O2. The van der Waals surface area contributed by atoms with Crippen molar-refractivity contribution >= 4 is 11.8 Å². The van der Waals surface area contributed by atoms with Crippen LogP contribution in [0.1, 0.15) is 64.6 Å². The number of benzene rings is 2. The summed E-state index contributed by atoms with van der Waals surface area (Å²) in [6.07, 6.45) is 0.794. The van der Waals surface area contributed by atoms with Crippen molar-refractivity contribution in [3.05, 3.63) is 70.3 Å². The van der Waals surface area contributed by atoms with Crippen LogP contribution in [-0.2, 0) is 5.41 Å². The maximum absolute atomic E-state index is 13.0. The second-order valence-corrected chi connectivity index (χ2v) is 9.06. The lowest BCUT2D eigenvalue weighted by molar-refractivity contribution is 0.0718. The lowest BCUT2D eigenvalue weighted by atomic mass is 9.86. The third-order valence-corrected chi connectivity index (χ3v) is 5.82. The molecule has 0 unspecified atom stereocenters. The predicted molar refractivity (Wildman–Crippen MR) is 117 cm³/mol. The number of carbonyl (C=O) groups excluding carboxylic acids is 2. The first-order valence-electron chi connectivity index (χ1n) is 10.4. The zero-order valence-corrected chi connectivity index (χ0v) is 18.3. The highest BCUT2D eigenvalue weighted by molar-refractivity contribution is 5.95. The van der Waals surface area contributed by atoms with Crippen LogP contribution in [0.3, 0.4) is 0 Å². The minimum absolute atomic E-state index is 0.0472. The molecule has 2 aromatic carbocycles. The van der Waals surface area contributed by atoms with Crippen LogP contribution in [0.5, 0.6) is 0 Å². The van der Waals surface area contributed by atoms with Crippen molar-refractivity contribution in [1.29, 1.82) is 0 Å². The molecule has 4 nitrogen and oxygen atoms in total. The molecule has 1 heterocycles. The topological polar surface area (TPSA) is 40.6 Å². The Bertz CT molecular complexity index is 894. The lowest BCUT2D eigenvalue weighted by Gasteiger charge is -2.23. The molecule has 1 aliphatic heterocycles. The van der Waals surface area contributed by atoms with Crippen LogP contribution >= 0.6 is 0 Å². The van der Waals surface area contributed by atoms with Gasteiger partial charge in [-0.2, -0.15) is 0 Å². The van der Waals surface area contributed by atoms with Gasteiger partial charge in [0.25, 0.3) is 11.8 Å². The summed E-state index contributed by atoms with van der Waals surface area (Å²) in [5.74, 6) is 0.0999. The molecular weight excluding hydrogens is 360 g/mol. The average molecular weight is 393 g/mol. The predicted octanol–water partition coefficient (Wildman–Crippen LogP) is 4.59. The Morgan fingerprint density at radius 2 is 1.24 bits per heavy atom. The quantitative estimate of drug-likeness (QED) is 0.750. The zero-order chi connectivity index (χ0) is 21.2. The van der Waals surface area contributed by atoms with Gasteiger partial charge in [0.2, 0.25) is 0 Å². The molecule has 0 radical (unpaired) electrons. The van der Waals surface area contributed by atoms with Crippen molar-refractivity contribution in [2.75, 3.05) is 26.2 Å². The van der Waals surface area contributed by atoms with Crippen LogP contribution in [-0.4, -0.2) is 47.8 Å². The number of carbonyl (C=O) groups is 2. The molecule has 0 aromatic heterocycles. The summed E-state index contributed by atoms with van der Waals surface area (Å²) in [5, 5.41) is 0. The third-order valence-electron chi connectivity index (χ3n) is 5.82. The summed E-state index contributed by atoms with van der Waals surface area (Å²) in [6.45, 7) is 13.1. The number of nitrogens with zero attached hydrogens (tertiary/aromatic N) is 2. The van der Waals surface area contributed by atoms with E-state index in [9.17, 15) is 9.59 Å². The molecule has 0 aliphatic carbocycles. The molecule has 0 saturated carbocycles. The highest BCUT2D eigenvalue weighted by Gasteiger charge is 2.24. The van der Waals surface area contributed by atoms with Crippen LogP contribution < -0.4 is 0 Å². The first-order chi connectivity index (χ1) is 13.7. The van der Waals surface area contributed by atoms with Crippen molar-refractivity contribution in [3.8, 4) is 0 Å². The van der Waals surface area contributed by atoms with Gasteiger partial charge in [-0.15, -0.1) is 0 Å². The van der Waals surface area contributed by atoms with Crippen LogP contribution in [0, 0.1) is 13.8 Å². The van der Waals surface area contributed by atoms with Gasteiger partial charge in [0.15, 0.2) is 0 Å². The Kier molecular flexibility index (Phi) is 6.11. The number of amides is 2. The van der Waals surface area contributed by atoms with Gasteiger partial charge in [-0.05, 0) is 66.6 Å². The van der Waals surface area contributed by atoms with E-state index in [0.29, 0.717) is 31.7 Å². The molecule has 1 aliphatic rings. The van der Waals surface area contributed by atoms with E-state index in [1.54, 1.807) is 0 Å². The largest absolute Gasteiger partial charge is 0.337 e. The third kappa shape index (κ3) is 4.87. The van der Waals surface area contributed by atoms with Gasteiger partial charge in [0.05, 0.1) is 0 Å². The molecule has 1 fully saturated rings. The van der Waals surface area contributed by atoms with Gasteiger partial charge in [0.1, 0.15) is 0 Å². The van der Waals surface area contributed by atoms with Crippen LogP contribution in [0.25, 0.3) is 0 Å². The van der Waals surface area contributed by atoms with E-state index in [1.807, 2.05) is 66.1 Å². The Hall–Kier alpha value is -2.62. The number of aryl methyl sites for hydroxylation is 2. The molecule has 1 saturated heterocycles. The minimum Gasteiger partial charge on any atom is -0.337 e. The van der Waals surface area contributed by atoms with Crippen LogP contribution in [0.15, 0.2) is 42.5 Å². The maximum Gasteiger partial charge on any atom is 0.253 e. The van der Waals surface area contributed by atoms with E-state index in [0.717, 1.165) is 17.5 Å². The summed E-state index contributed by atoms with van der Waals surface area (Å²) < 4.78 is 0. The first-order valence-corrected chi connectivity index (χ1v) is 10.4. The molecule has 2 amide bonds. The molecule has 154 valence electrons. The monoisotopic (exact) mass is 392 g/mol. The fourth-order valence-corrected chi connectivity index (χ4v) is 3.68. The van der Waals surface area contributed by atoms with E-state index in [1.165, 1.54) is 11.1 Å². The fourth-order valence-electron chi connectivity index (χ4n) is 3.68. The van der Waals surface area contributed by atoms with Crippen molar-refractivity contribution in [2.45, 2.75) is 46.5 Å². The van der Waals surface area contributed by atoms with Crippen LogP contribution in [0.2, 0.25) is 0 Å². The smallest absolute Gasteiger partial charge is 0.253 e. The Balaban J connectivity index is 1.66. The normalized spacial score (nSPS) is 15.2. The summed E-state index contributed by atoms with van der Waals surface area (Å²) in [5.41, 5.74) is 5.04. The maximum atomic E-state index is 13.0. The molecule has 0 N–H and O–H groups in total. The Labute approximate surface area is 174 Å². The summed E-state index contributed by atoms with van der Waals surface area (Å²) in [4.78, 5) is 29.6. The van der Waals surface area contributed by atoms with E-state index >= 15 is 0 Å². The molecule has 0 spiro atoms. The van der Waals surface area contributed by atoms with E-state index < -0.39 is 0 Å². The summed E-state index contributed by atoms with van der Waals surface area (Å²) in [6, 6.07) is 13.8. The minimum atomic E-state index is 0.0472. The molecule has 2 aromatic rings. The van der Waals surface area contributed by atoms with Gasteiger partial charge in [-0.1, -0.05) is 39.0 Å². The fraction of sp³-hybridized carbons (Fsp3) is 0.440. The Morgan fingerprint density at radius 3 is 1.76 bits per heavy atom. The zero-order valence-electron chi connectivity index (χ0n) is 18.3. The molecule has 4 heteroatoms. The first kappa shape index (κ1) is 21.1. The average Bonchev–Trinajstić information content (AvgIpc) is 2.94. The van der Waals surface area contributed by atoms with Gasteiger partial charge in [-0.25, -0.2) is 0 Å². The molecule has 3 rings (SSSR count). The van der Waals surface area contributed by atoms with Gasteiger partial charge < -0.3 is 9.80 Å². The number of rotatable bonds is 2. The molecule has 29 heavy (non-hydrogen) atoms. The SMILES string of the molecule is Cc1ccc(C(=O)N2CCCN(C(=O)c3ccc(C(C)(C)C)cc3)CC2)cc1C. The second-order valence-electron chi connectivity index (χ2n) is 9.06.